The van der Waals surface area contributed by atoms with Crippen molar-refractivity contribution < 1.29 is 14.6 Å². The van der Waals surface area contributed by atoms with Gasteiger partial charge in [-0.2, -0.15) is 0 Å². The van der Waals surface area contributed by atoms with Gasteiger partial charge < -0.3 is 15.2 Å². The summed E-state index contributed by atoms with van der Waals surface area (Å²) in [4.78, 5) is 15.3. The minimum Gasteiger partial charge on any atom is -0.396 e. The molecule has 0 aromatic rings. The first-order chi connectivity index (χ1) is 11.4. The van der Waals surface area contributed by atoms with Crippen LogP contribution in [0.4, 0.5) is 0 Å². The first kappa shape index (κ1) is 19.7. The zero-order valence-corrected chi connectivity index (χ0v) is 15.8. The van der Waals surface area contributed by atoms with E-state index >= 15 is 0 Å². The fourth-order valence-electron chi connectivity index (χ4n) is 4.40. The molecule has 2 aliphatic rings. The van der Waals surface area contributed by atoms with Crippen LogP contribution in [-0.4, -0.2) is 59.9 Å². The zero-order chi connectivity index (χ0) is 17.7. The van der Waals surface area contributed by atoms with Gasteiger partial charge in [-0.15, -0.1) is 0 Å². The van der Waals surface area contributed by atoms with Crippen LogP contribution in [0.1, 0.15) is 59.8 Å². The summed E-state index contributed by atoms with van der Waals surface area (Å²) in [6.07, 6.45) is 5.81. The second kappa shape index (κ2) is 9.16. The molecule has 0 bridgehead atoms. The van der Waals surface area contributed by atoms with Crippen molar-refractivity contribution in [2.75, 3.05) is 19.7 Å². The van der Waals surface area contributed by atoms with Crippen LogP contribution in [0.2, 0.25) is 0 Å². The first-order valence-corrected chi connectivity index (χ1v) is 9.73. The number of carbonyl (C=O) groups is 1. The van der Waals surface area contributed by atoms with Gasteiger partial charge in [-0.05, 0) is 32.6 Å². The molecule has 2 fully saturated rings. The Bertz CT molecular complexity index is 392. The van der Waals surface area contributed by atoms with Crippen molar-refractivity contribution in [3.8, 4) is 0 Å². The van der Waals surface area contributed by atoms with E-state index in [1.54, 1.807) is 0 Å². The van der Waals surface area contributed by atoms with Crippen molar-refractivity contribution in [2.24, 2.45) is 11.8 Å². The Balaban J connectivity index is 2.05. The summed E-state index contributed by atoms with van der Waals surface area (Å²) in [6, 6.07) is -0.0106. The number of aliphatic hydroxyl groups excluding tert-OH is 1. The summed E-state index contributed by atoms with van der Waals surface area (Å²) in [7, 11) is 0. The van der Waals surface area contributed by atoms with Crippen LogP contribution in [-0.2, 0) is 9.53 Å². The van der Waals surface area contributed by atoms with Crippen LogP contribution in [0.3, 0.4) is 0 Å². The highest BCUT2D eigenvalue weighted by Crippen LogP contribution is 2.24. The van der Waals surface area contributed by atoms with E-state index in [1.165, 1.54) is 6.42 Å². The van der Waals surface area contributed by atoms with Crippen molar-refractivity contribution >= 4 is 5.91 Å². The van der Waals surface area contributed by atoms with Crippen LogP contribution < -0.4 is 5.32 Å². The van der Waals surface area contributed by atoms with Crippen molar-refractivity contribution in [3.63, 3.8) is 0 Å². The monoisotopic (exact) mass is 340 g/mol. The molecule has 0 unspecified atom stereocenters. The smallest absolute Gasteiger partial charge is 0.237 e. The van der Waals surface area contributed by atoms with Crippen LogP contribution >= 0.6 is 0 Å². The van der Waals surface area contributed by atoms with Gasteiger partial charge in [0.05, 0.1) is 18.2 Å². The first-order valence-electron chi connectivity index (χ1n) is 9.73. The van der Waals surface area contributed by atoms with Gasteiger partial charge in [-0.3, -0.25) is 9.69 Å². The van der Waals surface area contributed by atoms with Gasteiger partial charge in [-0.25, -0.2) is 0 Å². The number of morpholine rings is 1. The highest BCUT2D eigenvalue weighted by atomic mass is 16.5. The molecule has 0 spiro atoms. The summed E-state index contributed by atoms with van der Waals surface area (Å²) in [5, 5.41) is 13.0. The van der Waals surface area contributed by atoms with Crippen molar-refractivity contribution in [2.45, 2.75) is 84.1 Å². The number of rotatable bonds is 5. The molecule has 2 N–H and O–H groups in total. The number of amides is 1. The molecule has 5 atom stereocenters. The Labute approximate surface area is 147 Å². The standard InChI is InChI=1S/C19H36N2O3/c1-13(2)18(21-10-14(3)24-15(4)11-21)19(23)20-17-9-7-5-6-8-16(17)12-22/h13-18,22H,5-12H2,1-4H3,(H,20,23)/t14-,15-,16+,17-,18+/m1/s1. The molecule has 140 valence electrons. The third-order valence-corrected chi connectivity index (χ3v) is 5.46. The predicted molar refractivity (Wildman–Crippen MR) is 95.8 cm³/mol. The van der Waals surface area contributed by atoms with Gasteiger partial charge in [0.15, 0.2) is 0 Å². The Morgan fingerprint density at radius 1 is 1.17 bits per heavy atom. The lowest BCUT2D eigenvalue weighted by molar-refractivity contribution is -0.136. The molecule has 5 heteroatoms. The van der Waals surface area contributed by atoms with E-state index < -0.39 is 0 Å². The van der Waals surface area contributed by atoms with E-state index in [9.17, 15) is 9.90 Å². The van der Waals surface area contributed by atoms with E-state index in [-0.39, 0.29) is 48.6 Å². The predicted octanol–water partition coefficient (Wildman–Crippen LogP) is 2.18. The lowest BCUT2D eigenvalue weighted by Crippen LogP contribution is -2.58. The van der Waals surface area contributed by atoms with E-state index in [4.69, 9.17) is 4.74 Å². The van der Waals surface area contributed by atoms with Gasteiger partial charge in [0.2, 0.25) is 5.91 Å². The zero-order valence-electron chi connectivity index (χ0n) is 15.8. The topological polar surface area (TPSA) is 61.8 Å². The van der Waals surface area contributed by atoms with E-state index in [1.807, 2.05) is 0 Å². The van der Waals surface area contributed by atoms with Gasteiger partial charge in [0.1, 0.15) is 0 Å². The summed E-state index contributed by atoms with van der Waals surface area (Å²) in [6.45, 7) is 10.2. The largest absolute Gasteiger partial charge is 0.396 e. The van der Waals surface area contributed by atoms with Crippen molar-refractivity contribution in [1.82, 2.24) is 10.2 Å². The molecular weight excluding hydrogens is 304 g/mol. The second-order valence-electron chi connectivity index (χ2n) is 8.10. The van der Waals surface area contributed by atoms with E-state index in [0.717, 1.165) is 38.8 Å². The average molecular weight is 341 g/mol. The molecule has 0 aromatic carbocycles. The molecule has 1 aliphatic heterocycles. The SMILES string of the molecule is CC(C)[C@@H](C(=O)N[C@@H]1CCCCC[C@H]1CO)N1C[C@@H](C)O[C@H](C)C1. The minimum atomic E-state index is -0.124. The van der Waals surface area contributed by atoms with Crippen LogP contribution in [0.25, 0.3) is 0 Å². The molecule has 1 aliphatic carbocycles. The Hall–Kier alpha value is -0.650. The molecule has 0 aromatic heterocycles. The minimum absolute atomic E-state index is 0.113. The maximum atomic E-state index is 13.1. The van der Waals surface area contributed by atoms with Gasteiger partial charge >= 0.3 is 0 Å². The number of hydrogen-bond acceptors (Lipinski definition) is 4. The molecule has 1 amide bonds. The third-order valence-electron chi connectivity index (χ3n) is 5.46. The van der Waals surface area contributed by atoms with E-state index in [2.05, 4.69) is 37.9 Å². The molecule has 1 heterocycles. The van der Waals surface area contributed by atoms with Crippen LogP contribution in [0.5, 0.6) is 0 Å². The molecular formula is C19H36N2O3. The summed E-state index contributed by atoms with van der Waals surface area (Å²) < 4.78 is 5.82. The lowest BCUT2D eigenvalue weighted by atomic mass is 9.93. The number of nitrogens with one attached hydrogen (secondary N) is 1. The average Bonchev–Trinajstić information content (AvgIpc) is 2.70. The number of ether oxygens (including phenoxy) is 1. The highest BCUT2D eigenvalue weighted by Gasteiger charge is 2.36. The maximum Gasteiger partial charge on any atom is 0.237 e. The van der Waals surface area contributed by atoms with Gasteiger partial charge in [-0.1, -0.05) is 33.1 Å². The number of carbonyl (C=O) groups excluding carboxylic acids is 1. The van der Waals surface area contributed by atoms with Gasteiger partial charge in [0, 0.05) is 31.7 Å². The summed E-state index contributed by atoms with van der Waals surface area (Å²) in [5.74, 6) is 0.573. The quantitative estimate of drug-likeness (QED) is 0.753. The molecule has 24 heavy (non-hydrogen) atoms. The Morgan fingerprint density at radius 2 is 1.79 bits per heavy atom. The Kier molecular flexibility index (Phi) is 7.51. The number of nitrogens with zero attached hydrogens (tertiary/aromatic N) is 1. The highest BCUT2D eigenvalue weighted by molar-refractivity contribution is 5.82. The van der Waals surface area contributed by atoms with Crippen molar-refractivity contribution in [1.29, 1.82) is 0 Å². The normalized spacial score (nSPS) is 33.9. The Morgan fingerprint density at radius 3 is 2.38 bits per heavy atom. The fraction of sp³-hybridized carbons (Fsp3) is 0.947. The summed E-state index contributed by atoms with van der Waals surface area (Å²) >= 11 is 0. The van der Waals surface area contributed by atoms with Crippen LogP contribution in [0, 0.1) is 11.8 Å². The van der Waals surface area contributed by atoms with Crippen molar-refractivity contribution in [3.05, 3.63) is 0 Å². The fourth-order valence-corrected chi connectivity index (χ4v) is 4.40. The molecule has 5 nitrogen and oxygen atoms in total. The van der Waals surface area contributed by atoms with E-state index in [0.29, 0.717) is 0 Å². The summed E-state index contributed by atoms with van der Waals surface area (Å²) in [5.41, 5.74) is 0. The second-order valence-corrected chi connectivity index (χ2v) is 8.10. The number of aliphatic hydroxyl groups is 1. The molecule has 0 radical (unpaired) electrons. The van der Waals surface area contributed by atoms with Gasteiger partial charge in [0.25, 0.3) is 0 Å². The molecule has 1 saturated carbocycles. The molecule has 2 rings (SSSR count). The van der Waals surface area contributed by atoms with Crippen LogP contribution in [0.15, 0.2) is 0 Å². The number of hydrogen-bond donors (Lipinski definition) is 2. The third kappa shape index (κ3) is 5.17. The lowest BCUT2D eigenvalue weighted by Gasteiger charge is -2.41. The maximum absolute atomic E-state index is 13.1. The molecule has 1 saturated heterocycles.